The zero-order valence-electron chi connectivity index (χ0n) is 18.1. The zero-order valence-corrected chi connectivity index (χ0v) is 19.0. The Bertz CT molecular complexity index is 1060. The van der Waals surface area contributed by atoms with Crippen molar-refractivity contribution in [3.8, 4) is 5.75 Å². The largest absolute Gasteiger partial charge is 0.495 e. The molecule has 2 aromatic rings. The van der Waals surface area contributed by atoms with Gasteiger partial charge in [0.25, 0.3) is 0 Å². The summed E-state index contributed by atoms with van der Waals surface area (Å²) in [7, 11) is -2.19. The minimum absolute atomic E-state index is 0.0342. The van der Waals surface area contributed by atoms with Crippen LogP contribution < -0.4 is 10.1 Å². The van der Waals surface area contributed by atoms with E-state index in [0.29, 0.717) is 31.7 Å². The van der Waals surface area contributed by atoms with Crippen LogP contribution in [-0.4, -0.2) is 38.8 Å². The van der Waals surface area contributed by atoms with Gasteiger partial charge in [0.05, 0.1) is 13.2 Å². The van der Waals surface area contributed by atoms with Crippen LogP contribution in [0, 0.1) is 12.8 Å². The highest BCUT2D eigenvalue weighted by molar-refractivity contribution is 7.89. The van der Waals surface area contributed by atoms with E-state index in [9.17, 15) is 13.2 Å². The number of rotatable bonds is 5. The lowest BCUT2D eigenvalue weighted by Gasteiger charge is -2.33. The Balaban J connectivity index is 1.41. The van der Waals surface area contributed by atoms with Crippen molar-refractivity contribution in [3.63, 3.8) is 0 Å². The van der Waals surface area contributed by atoms with E-state index in [4.69, 9.17) is 4.74 Å². The maximum absolute atomic E-state index is 13.2. The molecule has 6 nitrogen and oxygen atoms in total. The molecule has 4 rings (SSSR count). The van der Waals surface area contributed by atoms with E-state index in [1.54, 1.807) is 12.1 Å². The Hall–Kier alpha value is -2.38. The van der Waals surface area contributed by atoms with Crippen molar-refractivity contribution >= 4 is 15.9 Å². The van der Waals surface area contributed by atoms with Crippen molar-refractivity contribution in [3.05, 3.63) is 59.2 Å². The van der Waals surface area contributed by atoms with Crippen molar-refractivity contribution in [2.75, 3.05) is 20.2 Å². The van der Waals surface area contributed by atoms with E-state index in [-0.39, 0.29) is 22.8 Å². The van der Waals surface area contributed by atoms with Gasteiger partial charge >= 0.3 is 0 Å². The minimum Gasteiger partial charge on any atom is -0.495 e. The van der Waals surface area contributed by atoms with Gasteiger partial charge in [-0.1, -0.05) is 30.3 Å². The molecule has 1 saturated heterocycles. The number of methoxy groups -OCH3 is 1. The topological polar surface area (TPSA) is 75.7 Å². The number of fused-ring (bicyclic) bond motifs is 1. The highest BCUT2D eigenvalue weighted by atomic mass is 32.2. The first-order valence-corrected chi connectivity index (χ1v) is 12.4. The normalized spacial score (nSPS) is 20.1. The van der Waals surface area contributed by atoms with Crippen LogP contribution in [0.2, 0.25) is 0 Å². The van der Waals surface area contributed by atoms with Crippen molar-refractivity contribution in [1.29, 1.82) is 0 Å². The van der Waals surface area contributed by atoms with Crippen LogP contribution in [0.25, 0.3) is 0 Å². The molecule has 0 spiro atoms. The van der Waals surface area contributed by atoms with E-state index in [0.717, 1.165) is 24.8 Å². The molecule has 1 amide bonds. The van der Waals surface area contributed by atoms with E-state index < -0.39 is 10.0 Å². The second-order valence-electron chi connectivity index (χ2n) is 8.48. The van der Waals surface area contributed by atoms with Gasteiger partial charge in [-0.15, -0.1) is 0 Å². The molecule has 0 saturated carbocycles. The summed E-state index contributed by atoms with van der Waals surface area (Å²) in [5.74, 6) is 0.216. The summed E-state index contributed by atoms with van der Waals surface area (Å²) in [5.41, 5.74) is 3.39. The van der Waals surface area contributed by atoms with Crippen molar-refractivity contribution in [2.45, 2.75) is 50.0 Å². The van der Waals surface area contributed by atoms with Crippen LogP contribution >= 0.6 is 0 Å². The van der Waals surface area contributed by atoms with E-state index in [1.807, 2.05) is 25.1 Å². The summed E-state index contributed by atoms with van der Waals surface area (Å²) in [4.78, 5) is 13.1. The Morgan fingerprint density at radius 1 is 1.10 bits per heavy atom. The maximum Gasteiger partial charge on any atom is 0.246 e. The van der Waals surface area contributed by atoms with Gasteiger partial charge in [0, 0.05) is 19.0 Å². The summed E-state index contributed by atoms with van der Waals surface area (Å²) < 4.78 is 33.1. The van der Waals surface area contributed by atoms with Crippen LogP contribution in [0.3, 0.4) is 0 Å². The van der Waals surface area contributed by atoms with Gasteiger partial charge in [0.15, 0.2) is 0 Å². The molecule has 0 bridgehead atoms. The number of nitrogens with zero attached hydrogens (tertiary/aromatic N) is 1. The number of sulfonamides is 1. The fourth-order valence-corrected chi connectivity index (χ4v) is 6.39. The number of carbonyl (C=O) groups is 1. The molecule has 2 aromatic carbocycles. The number of benzene rings is 2. The number of ether oxygens (including phenoxy) is 1. The number of piperidine rings is 1. The number of aryl methyl sites for hydroxylation is 2. The van der Waals surface area contributed by atoms with Gasteiger partial charge in [-0.25, -0.2) is 8.42 Å². The standard InChI is InChI=1S/C24H30N2O4S/c1-17-10-11-22(30-2)23(16-17)31(28,29)26-14-12-19(13-15-26)24(27)25-21-9-5-7-18-6-3-4-8-20(18)21/h3-4,6,8,10-11,16,19,21H,5,7,9,12-15H2,1-2H3,(H,25,27)/t21-/m1/s1. The van der Waals surface area contributed by atoms with Crippen LogP contribution in [0.1, 0.15) is 48.4 Å². The average molecular weight is 443 g/mol. The highest BCUT2D eigenvalue weighted by Gasteiger charge is 2.34. The molecular formula is C24H30N2O4S. The Morgan fingerprint density at radius 2 is 1.84 bits per heavy atom. The Labute approximate surface area is 184 Å². The Morgan fingerprint density at radius 3 is 2.58 bits per heavy atom. The molecule has 0 unspecified atom stereocenters. The summed E-state index contributed by atoms with van der Waals surface area (Å²) >= 11 is 0. The van der Waals surface area contributed by atoms with E-state index >= 15 is 0 Å². The molecule has 166 valence electrons. The zero-order chi connectivity index (χ0) is 22.0. The second-order valence-corrected chi connectivity index (χ2v) is 10.4. The number of amides is 1. The van der Waals surface area contributed by atoms with Gasteiger partial charge in [-0.2, -0.15) is 4.31 Å². The molecule has 1 aliphatic carbocycles. The molecular weight excluding hydrogens is 412 g/mol. The highest BCUT2D eigenvalue weighted by Crippen LogP contribution is 2.32. The first-order chi connectivity index (χ1) is 14.9. The third-order valence-corrected chi connectivity index (χ3v) is 8.37. The van der Waals surface area contributed by atoms with Crippen LogP contribution in [0.4, 0.5) is 0 Å². The molecule has 0 radical (unpaired) electrons. The molecule has 31 heavy (non-hydrogen) atoms. The minimum atomic E-state index is -3.67. The lowest BCUT2D eigenvalue weighted by molar-refractivity contribution is -0.127. The van der Waals surface area contributed by atoms with Gasteiger partial charge in [-0.05, 0) is 67.9 Å². The average Bonchev–Trinajstić information content (AvgIpc) is 2.79. The number of hydrogen-bond acceptors (Lipinski definition) is 4. The van der Waals surface area contributed by atoms with E-state index in [1.165, 1.54) is 22.5 Å². The number of nitrogens with one attached hydrogen (secondary N) is 1. The smallest absolute Gasteiger partial charge is 0.246 e. The lowest BCUT2D eigenvalue weighted by atomic mass is 9.87. The molecule has 2 aliphatic rings. The fraction of sp³-hybridized carbons (Fsp3) is 0.458. The summed E-state index contributed by atoms with van der Waals surface area (Å²) in [6.07, 6.45) is 4.11. The second kappa shape index (κ2) is 9.01. The van der Waals surface area contributed by atoms with Crippen molar-refractivity contribution in [2.24, 2.45) is 5.92 Å². The Kier molecular flexibility index (Phi) is 6.34. The summed E-state index contributed by atoms with van der Waals surface area (Å²) in [5, 5.41) is 3.23. The molecule has 1 heterocycles. The van der Waals surface area contributed by atoms with E-state index in [2.05, 4.69) is 17.4 Å². The third kappa shape index (κ3) is 4.48. The van der Waals surface area contributed by atoms with Gasteiger partial charge in [0.2, 0.25) is 15.9 Å². The number of hydrogen-bond donors (Lipinski definition) is 1. The number of carbonyl (C=O) groups excluding carboxylic acids is 1. The maximum atomic E-state index is 13.2. The molecule has 1 N–H and O–H groups in total. The van der Waals surface area contributed by atoms with Gasteiger partial charge in [0.1, 0.15) is 10.6 Å². The van der Waals surface area contributed by atoms with Crippen LogP contribution in [0.5, 0.6) is 5.75 Å². The summed E-state index contributed by atoms with van der Waals surface area (Å²) in [6.45, 7) is 2.52. The van der Waals surface area contributed by atoms with Crippen LogP contribution in [-0.2, 0) is 21.2 Å². The molecule has 1 fully saturated rings. The lowest BCUT2D eigenvalue weighted by Crippen LogP contribution is -2.44. The molecule has 7 heteroatoms. The quantitative estimate of drug-likeness (QED) is 0.768. The summed E-state index contributed by atoms with van der Waals surface area (Å²) in [6, 6.07) is 13.5. The van der Waals surface area contributed by atoms with Gasteiger partial charge < -0.3 is 10.1 Å². The predicted octanol–water partition coefficient (Wildman–Crippen LogP) is 3.60. The van der Waals surface area contributed by atoms with Crippen molar-refractivity contribution in [1.82, 2.24) is 9.62 Å². The fourth-order valence-electron chi connectivity index (χ4n) is 4.68. The van der Waals surface area contributed by atoms with Crippen molar-refractivity contribution < 1.29 is 17.9 Å². The van der Waals surface area contributed by atoms with Gasteiger partial charge in [-0.3, -0.25) is 4.79 Å². The first-order valence-electron chi connectivity index (χ1n) is 10.9. The first kappa shape index (κ1) is 21.8. The van der Waals surface area contributed by atoms with Crippen LogP contribution in [0.15, 0.2) is 47.4 Å². The molecule has 1 atom stereocenters. The molecule has 1 aliphatic heterocycles. The SMILES string of the molecule is COc1ccc(C)cc1S(=O)(=O)N1CCC(C(=O)N[C@@H]2CCCc3ccccc32)CC1. The third-order valence-electron chi connectivity index (χ3n) is 6.45. The monoisotopic (exact) mass is 442 g/mol. The molecule has 0 aromatic heterocycles. The predicted molar refractivity (Wildman–Crippen MR) is 119 cm³/mol.